The van der Waals surface area contributed by atoms with Crippen LogP contribution in [0.15, 0.2) is 79.3 Å². The van der Waals surface area contributed by atoms with Gasteiger partial charge in [0.15, 0.2) is 0 Å². The van der Waals surface area contributed by atoms with Crippen LogP contribution >= 0.6 is 11.6 Å². The highest BCUT2D eigenvalue weighted by Crippen LogP contribution is 2.50. The lowest BCUT2D eigenvalue weighted by molar-refractivity contribution is -0.147. The van der Waals surface area contributed by atoms with E-state index in [0.29, 0.717) is 41.0 Å². The summed E-state index contributed by atoms with van der Waals surface area (Å²) in [5, 5.41) is 8.45. The number of aromatic nitrogens is 5. The number of likely N-dealkylation sites (tertiary alicyclic amines) is 1. The Labute approximate surface area is 304 Å². The van der Waals surface area contributed by atoms with Crippen LogP contribution in [-0.2, 0) is 22.1 Å². The molecule has 1 amide bonds. The normalized spacial score (nSPS) is 17.5. The van der Waals surface area contributed by atoms with Gasteiger partial charge in [-0.25, -0.2) is 4.79 Å². The zero-order chi connectivity index (χ0) is 36.6. The lowest BCUT2D eigenvalue weighted by Crippen LogP contribution is -2.48. The predicted octanol–water partition coefficient (Wildman–Crippen LogP) is 8.35. The molecule has 2 aromatic carbocycles. The summed E-state index contributed by atoms with van der Waals surface area (Å²) in [7, 11) is 1.84. The van der Waals surface area contributed by atoms with Gasteiger partial charge in [0.25, 0.3) is 0 Å². The maximum absolute atomic E-state index is 13.5. The van der Waals surface area contributed by atoms with Crippen molar-refractivity contribution in [2.24, 2.45) is 24.3 Å². The van der Waals surface area contributed by atoms with E-state index in [9.17, 15) is 4.79 Å². The van der Waals surface area contributed by atoms with Gasteiger partial charge in [-0.3, -0.25) is 4.68 Å². The summed E-state index contributed by atoms with van der Waals surface area (Å²) in [5.41, 5.74) is 1.59. The first-order valence-electron chi connectivity index (χ1n) is 17.3. The van der Waals surface area contributed by atoms with E-state index in [2.05, 4.69) is 96.6 Å². The van der Waals surface area contributed by atoms with Crippen LogP contribution in [0, 0.1) is 17.3 Å². The predicted molar refractivity (Wildman–Crippen MR) is 199 cm³/mol. The molecule has 51 heavy (non-hydrogen) atoms. The summed E-state index contributed by atoms with van der Waals surface area (Å²) >= 11 is 6.61. The van der Waals surface area contributed by atoms with Crippen LogP contribution in [0.4, 0.5) is 16.4 Å². The fourth-order valence-electron chi connectivity index (χ4n) is 7.06. The summed E-state index contributed by atoms with van der Waals surface area (Å²) in [6.45, 7) is 15.5. The molecule has 6 rings (SSSR count). The van der Waals surface area contributed by atoms with E-state index in [1.54, 1.807) is 22.0 Å². The molecular formula is C39H48ClN7O4. The van der Waals surface area contributed by atoms with Crippen molar-refractivity contribution in [1.82, 2.24) is 29.6 Å². The molecule has 1 saturated heterocycles. The highest BCUT2D eigenvalue weighted by molar-refractivity contribution is 6.35. The second-order valence-corrected chi connectivity index (χ2v) is 15.8. The number of amides is 1. The van der Waals surface area contributed by atoms with Crippen molar-refractivity contribution in [1.29, 1.82) is 0 Å². The van der Waals surface area contributed by atoms with Crippen LogP contribution in [0.1, 0.15) is 59.6 Å². The first-order valence-corrected chi connectivity index (χ1v) is 17.7. The zero-order valence-electron chi connectivity index (χ0n) is 30.6. The second kappa shape index (κ2) is 14.2. The number of anilines is 2. The van der Waals surface area contributed by atoms with Gasteiger partial charge in [0, 0.05) is 44.4 Å². The summed E-state index contributed by atoms with van der Waals surface area (Å²) < 4.78 is 21.5. The molecular weight excluding hydrogens is 666 g/mol. The Bertz CT molecular complexity index is 1910. The number of rotatable bonds is 10. The van der Waals surface area contributed by atoms with E-state index >= 15 is 0 Å². The van der Waals surface area contributed by atoms with Crippen LogP contribution < -0.4 is 10.1 Å². The Balaban J connectivity index is 1.34. The number of nitrogens with zero attached hydrogens (tertiary/aromatic N) is 5. The highest BCUT2D eigenvalue weighted by Gasteiger charge is 2.50. The molecule has 0 spiro atoms. The first kappa shape index (κ1) is 36.2. The molecule has 3 aromatic heterocycles. The van der Waals surface area contributed by atoms with Gasteiger partial charge in [0.05, 0.1) is 35.0 Å². The van der Waals surface area contributed by atoms with E-state index in [1.807, 2.05) is 46.1 Å². The van der Waals surface area contributed by atoms with Crippen LogP contribution in [0.25, 0.3) is 11.0 Å². The third kappa shape index (κ3) is 7.69. The summed E-state index contributed by atoms with van der Waals surface area (Å²) in [6.07, 6.45) is 4.51. The van der Waals surface area contributed by atoms with Gasteiger partial charge in [0.2, 0.25) is 11.8 Å². The lowest BCUT2D eigenvalue weighted by atomic mass is 9.67. The van der Waals surface area contributed by atoms with Gasteiger partial charge >= 0.3 is 6.09 Å². The van der Waals surface area contributed by atoms with E-state index in [4.69, 9.17) is 30.8 Å². The molecule has 3 atom stereocenters. The molecule has 270 valence electrons. The molecule has 12 heteroatoms. The smallest absolute Gasteiger partial charge is 0.410 e. The van der Waals surface area contributed by atoms with Crippen molar-refractivity contribution < 1.29 is 19.0 Å². The number of hydrogen-bond acceptors (Lipinski definition) is 8. The SMILES string of the molecule is C[C@H](OC(c1ccccc1)(c1ccccc1)C(C)(C)C)[C@H]1CN(C(=O)OC(C)(C)C)C[C@@H]1COc1nc(Nc2cnn(C)c2)nc2[nH]cc(Cl)c12. The van der Waals surface area contributed by atoms with E-state index < -0.39 is 11.2 Å². The third-order valence-electron chi connectivity index (χ3n) is 9.37. The highest BCUT2D eigenvalue weighted by atomic mass is 35.5. The minimum atomic E-state index is -0.802. The maximum Gasteiger partial charge on any atom is 0.410 e. The minimum absolute atomic E-state index is 0.112. The number of halogens is 1. The molecule has 1 aliphatic rings. The molecule has 0 radical (unpaired) electrons. The molecule has 1 aliphatic heterocycles. The summed E-state index contributed by atoms with van der Waals surface area (Å²) in [5.74, 6) is 0.422. The number of aromatic amines is 1. The van der Waals surface area contributed by atoms with Gasteiger partial charge in [0.1, 0.15) is 16.8 Å². The number of fused-ring (bicyclic) bond motifs is 1. The number of carbonyl (C=O) groups is 1. The van der Waals surface area contributed by atoms with Crippen molar-refractivity contribution in [3.63, 3.8) is 0 Å². The largest absolute Gasteiger partial charge is 0.477 e. The molecule has 0 unspecified atom stereocenters. The van der Waals surface area contributed by atoms with Gasteiger partial charge in [-0.1, -0.05) is 93.0 Å². The van der Waals surface area contributed by atoms with Crippen molar-refractivity contribution in [3.8, 4) is 5.88 Å². The Kier molecular flexibility index (Phi) is 10.1. The standard InChI is InChI=1S/C39H48ClN7O4/c1-25(50-39(37(2,3)4,27-15-11-9-12-16-27)28-17-13-10-14-18-28)30-23-47(36(48)51-38(5,6)7)21-26(30)24-49-34-32-31(40)20-41-33(32)44-35(45-34)43-29-19-42-46(8)22-29/h9-20,22,25-26,30H,21,23-24H2,1-8H3,(H2,41,43,44,45)/t25-,26+,30+/m0/s1. The van der Waals surface area contributed by atoms with Crippen LogP contribution in [-0.4, -0.2) is 67.1 Å². The zero-order valence-corrected chi connectivity index (χ0v) is 31.4. The van der Waals surface area contributed by atoms with Gasteiger partial charge < -0.3 is 29.4 Å². The fraction of sp³-hybridized carbons (Fsp3) is 0.436. The minimum Gasteiger partial charge on any atom is -0.477 e. The van der Waals surface area contributed by atoms with Crippen molar-refractivity contribution in [3.05, 3.63) is 95.4 Å². The van der Waals surface area contributed by atoms with Crippen LogP contribution in [0.2, 0.25) is 5.02 Å². The monoisotopic (exact) mass is 713 g/mol. The van der Waals surface area contributed by atoms with E-state index in [-0.39, 0.29) is 36.1 Å². The molecule has 0 aliphatic carbocycles. The lowest BCUT2D eigenvalue weighted by Gasteiger charge is -2.48. The maximum atomic E-state index is 13.5. The summed E-state index contributed by atoms with van der Waals surface area (Å²) in [6, 6.07) is 20.8. The third-order valence-corrected chi connectivity index (χ3v) is 9.67. The van der Waals surface area contributed by atoms with Crippen LogP contribution in [0.5, 0.6) is 5.88 Å². The van der Waals surface area contributed by atoms with Crippen LogP contribution in [0.3, 0.4) is 0 Å². The molecule has 5 aromatic rings. The molecule has 11 nitrogen and oxygen atoms in total. The number of carbonyl (C=O) groups excluding carboxylic acids is 1. The van der Waals surface area contributed by atoms with Gasteiger partial charge in [-0.05, 0) is 44.2 Å². The second-order valence-electron chi connectivity index (χ2n) is 15.3. The van der Waals surface area contributed by atoms with E-state index in [1.165, 1.54) is 0 Å². The molecule has 0 bridgehead atoms. The molecule has 1 fully saturated rings. The number of aryl methyl sites for hydroxylation is 1. The number of ether oxygens (including phenoxy) is 3. The van der Waals surface area contributed by atoms with Gasteiger partial charge in [-0.2, -0.15) is 15.1 Å². The molecule has 4 heterocycles. The Morgan fingerprint density at radius 1 is 1.00 bits per heavy atom. The average Bonchev–Trinajstić information content (AvgIpc) is 3.80. The Morgan fingerprint density at radius 2 is 1.65 bits per heavy atom. The van der Waals surface area contributed by atoms with Crippen molar-refractivity contribution in [2.75, 3.05) is 25.0 Å². The summed E-state index contributed by atoms with van der Waals surface area (Å²) in [4.78, 5) is 27.7. The average molecular weight is 714 g/mol. The number of hydrogen-bond donors (Lipinski definition) is 2. The van der Waals surface area contributed by atoms with E-state index in [0.717, 1.165) is 16.8 Å². The quantitative estimate of drug-likeness (QED) is 0.148. The topological polar surface area (TPSA) is 119 Å². The first-order chi connectivity index (χ1) is 24.1. The van der Waals surface area contributed by atoms with Crippen molar-refractivity contribution in [2.45, 2.75) is 65.8 Å². The number of benzene rings is 2. The fourth-order valence-corrected chi connectivity index (χ4v) is 7.29. The number of nitrogens with one attached hydrogen (secondary N) is 2. The number of H-pyrrole nitrogens is 1. The Hall–Kier alpha value is -4.61. The van der Waals surface area contributed by atoms with Crippen molar-refractivity contribution >= 4 is 40.4 Å². The molecule has 0 saturated carbocycles. The van der Waals surface area contributed by atoms with Gasteiger partial charge in [-0.15, -0.1) is 0 Å². The Morgan fingerprint density at radius 3 is 2.22 bits per heavy atom. The molecule has 2 N–H and O–H groups in total.